The van der Waals surface area contributed by atoms with Gasteiger partial charge in [0.2, 0.25) is 0 Å². The highest BCUT2D eigenvalue weighted by atomic mass is 32.2. The van der Waals surface area contributed by atoms with Crippen molar-refractivity contribution >= 4 is 27.1 Å². The number of carbonyl (C=O) groups excluding carboxylic acids is 1. The van der Waals surface area contributed by atoms with Crippen molar-refractivity contribution in [2.24, 2.45) is 5.73 Å². The third-order valence-electron chi connectivity index (χ3n) is 3.85. The minimum atomic E-state index is -3.13. The van der Waals surface area contributed by atoms with Crippen molar-refractivity contribution in [1.29, 1.82) is 0 Å². The summed E-state index contributed by atoms with van der Waals surface area (Å²) in [6.07, 6.45) is 1.96. The minimum absolute atomic E-state index is 0.0382. The largest absolute Gasteiger partial charge is 0.336 e. The molecule has 1 amide bonds. The van der Waals surface area contributed by atoms with Gasteiger partial charge in [0.1, 0.15) is 0 Å². The van der Waals surface area contributed by atoms with Gasteiger partial charge in [-0.2, -0.15) is 0 Å². The number of aryl methyl sites for hydroxylation is 1. The molecule has 0 spiro atoms. The molecule has 2 N–H and O–H groups in total. The van der Waals surface area contributed by atoms with E-state index in [1.54, 1.807) is 11.0 Å². The number of amides is 1. The van der Waals surface area contributed by atoms with Crippen LogP contribution in [0.25, 0.3) is 0 Å². The van der Waals surface area contributed by atoms with Gasteiger partial charge in [-0.25, -0.2) is 8.42 Å². The molecular weight excluding hydrogens is 356 g/mol. The highest BCUT2D eigenvalue weighted by Crippen LogP contribution is 2.24. The molecule has 0 saturated carbocycles. The van der Waals surface area contributed by atoms with E-state index in [-0.39, 0.29) is 11.7 Å². The molecule has 0 aliphatic carbocycles. The molecule has 0 fully saturated rings. The van der Waals surface area contributed by atoms with Crippen LogP contribution in [-0.4, -0.2) is 45.1 Å². The molecule has 0 radical (unpaired) electrons. The number of nitrogens with zero attached hydrogens (tertiary/aromatic N) is 1. The summed E-state index contributed by atoms with van der Waals surface area (Å²) >= 11 is 1.34. The number of hydrogen-bond donors (Lipinski definition) is 1. The second-order valence-electron chi connectivity index (χ2n) is 6.08. The normalized spacial score (nSPS) is 11.5. The van der Waals surface area contributed by atoms with E-state index in [2.05, 4.69) is 0 Å². The van der Waals surface area contributed by atoms with E-state index < -0.39 is 9.84 Å². The Hall–Kier alpha value is -1.70. The fraction of sp³-hybridized carbons (Fsp3) is 0.389. The van der Waals surface area contributed by atoms with Gasteiger partial charge in [-0.1, -0.05) is 30.3 Å². The molecule has 0 atom stereocenters. The first-order valence-corrected chi connectivity index (χ1v) is 11.0. The molecule has 2 rings (SSSR count). The van der Waals surface area contributed by atoms with E-state index in [9.17, 15) is 13.2 Å². The minimum Gasteiger partial charge on any atom is -0.336 e. The number of rotatable bonds is 8. The Morgan fingerprint density at radius 1 is 1.20 bits per heavy atom. The molecule has 0 saturated heterocycles. The first-order valence-electron chi connectivity index (χ1n) is 8.10. The van der Waals surface area contributed by atoms with E-state index in [4.69, 9.17) is 5.73 Å². The summed E-state index contributed by atoms with van der Waals surface area (Å²) in [6.45, 7) is 3.29. The molecule has 1 aromatic heterocycles. The van der Waals surface area contributed by atoms with Crippen LogP contribution in [-0.2, 0) is 22.0 Å². The Bertz CT molecular complexity index is 814. The molecule has 0 aliphatic rings. The lowest BCUT2D eigenvalue weighted by molar-refractivity contribution is 0.0767. The van der Waals surface area contributed by atoms with Gasteiger partial charge in [-0.15, -0.1) is 11.3 Å². The monoisotopic (exact) mass is 380 g/mol. The van der Waals surface area contributed by atoms with Gasteiger partial charge in [0.25, 0.3) is 5.91 Å². The Labute approximate surface area is 153 Å². The van der Waals surface area contributed by atoms with Crippen molar-refractivity contribution in [2.45, 2.75) is 19.1 Å². The van der Waals surface area contributed by atoms with Crippen LogP contribution in [0.1, 0.15) is 25.7 Å². The molecule has 25 heavy (non-hydrogen) atoms. The molecule has 0 aliphatic heterocycles. The van der Waals surface area contributed by atoms with Crippen molar-refractivity contribution in [3.63, 3.8) is 0 Å². The standard InChI is InChI=1S/C18H24N2O3S2/c1-14-16(13-25(2,22)23)12-17(24-14)18(21)20(11-9-19)10-8-15-6-4-3-5-7-15/h3-7,12H,8-11,13,19H2,1-2H3. The maximum absolute atomic E-state index is 12.8. The van der Waals surface area contributed by atoms with Crippen molar-refractivity contribution < 1.29 is 13.2 Å². The fourth-order valence-electron chi connectivity index (χ4n) is 2.59. The van der Waals surface area contributed by atoms with E-state index in [1.807, 2.05) is 37.3 Å². The molecule has 1 heterocycles. The van der Waals surface area contributed by atoms with Gasteiger partial charge in [-0.3, -0.25) is 4.79 Å². The Kier molecular flexibility index (Phi) is 6.75. The highest BCUT2D eigenvalue weighted by Gasteiger charge is 2.20. The van der Waals surface area contributed by atoms with Crippen LogP contribution in [0.4, 0.5) is 0 Å². The van der Waals surface area contributed by atoms with Gasteiger partial charge in [0.15, 0.2) is 9.84 Å². The van der Waals surface area contributed by atoms with Gasteiger partial charge < -0.3 is 10.6 Å². The zero-order valence-corrected chi connectivity index (χ0v) is 16.2. The molecular formula is C18H24N2O3S2. The number of carbonyl (C=O) groups is 1. The van der Waals surface area contributed by atoms with Gasteiger partial charge in [-0.05, 0) is 30.5 Å². The van der Waals surface area contributed by atoms with Crippen LogP contribution in [0.2, 0.25) is 0 Å². The van der Waals surface area contributed by atoms with E-state index in [0.29, 0.717) is 30.1 Å². The van der Waals surface area contributed by atoms with Crippen molar-refractivity contribution in [3.05, 3.63) is 57.3 Å². The maximum atomic E-state index is 12.8. The first-order chi connectivity index (χ1) is 11.8. The second kappa shape index (κ2) is 8.60. The predicted octanol–water partition coefficient (Wildman–Crippen LogP) is 2.24. The zero-order chi connectivity index (χ0) is 18.4. The van der Waals surface area contributed by atoms with Crippen LogP contribution in [0.5, 0.6) is 0 Å². The smallest absolute Gasteiger partial charge is 0.263 e. The molecule has 5 nitrogen and oxygen atoms in total. The third-order valence-corrected chi connectivity index (χ3v) is 5.76. The number of sulfone groups is 1. The Balaban J connectivity index is 2.12. The molecule has 2 aromatic rings. The average Bonchev–Trinajstić information content (AvgIpc) is 2.91. The van der Waals surface area contributed by atoms with Crippen molar-refractivity contribution in [1.82, 2.24) is 4.90 Å². The van der Waals surface area contributed by atoms with Crippen LogP contribution in [0.15, 0.2) is 36.4 Å². The summed E-state index contributed by atoms with van der Waals surface area (Å²) in [5, 5.41) is 0. The van der Waals surface area contributed by atoms with Crippen molar-refractivity contribution in [3.8, 4) is 0 Å². The topological polar surface area (TPSA) is 80.5 Å². The van der Waals surface area contributed by atoms with Crippen LogP contribution >= 0.6 is 11.3 Å². The SMILES string of the molecule is Cc1sc(C(=O)N(CCN)CCc2ccccc2)cc1CS(C)(=O)=O. The summed E-state index contributed by atoms with van der Waals surface area (Å²) in [5.74, 6) is -0.127. The number of hydrogen-bond acceptors (Lipinski definition) is 5. The number of benzene rings is 1. The molecule has 7 heteroatoms. The summed E-state index contributed by atoms with van der Waals surface area (Å²) in [4.78, 5) is 16.0. The fourth-order valence-corrected chi connectivity index (χ4v) is 4.55. The van der Waals surface area contributed by atoms with Crippen LogP contribution in [0, 0.1) is 6.92 Å². The lowest BCUT2D eigenvalue weighted by atomic mass is 10.1. The van der Waals surface area contributed by atoms with Crippen LogP contribution in [0.3, 0.4) is 0 Å². The van der Waals surface area contributed by atoms with Gasteiger partial charge in [0.05, 0.1) is 10.6 Å². The summed E-state index contributed by atoms with van der Waals surface area (Å²) in [5.41, 5.74) is 7.53. The van der Waals surface area contributed by atoms with Crippen LogP contribution < -0.4 is 5.73 Å². The Morgan fingerprint density at radius 2 is 1.88 bits per heavy atom. The molecule has 0 bridgehead atoms. The quantitative estimate of drug-likeness (QED) is 0.762. The predicted molar refractivity (Wildman–Crippen MR) is 103 cm³/mol. The molecule has 1 aromatic carbocycles. The van der Waals surface area contributed by atoms with E-state index in [1.165, 1.54) is 17.6 Å². The summed E-state index contributed by atoms with van der Waals surface area (Å²) in [7, 11) is -3.13. The second-order valence-corrected chi connectivity index (χ2v) is 9.48. The number of thiophene rings is 1. The summed E-state index contributed by atoms with van der Waals surface area (Å²) in [6, 6.07) is 11.7. The number of nitrogens with two attached hydrogens (primary N) is 1. The first kappa shape index (κ1) is 19.6. The molecule has 0 unspecified atom stereocenters. The lowest BCUT2D eigenvalue weighted by Crippen LogP contribution is -2.36. The summed E-state index contributed by atoms with van der Waals surface area (Å²) < 4.78 is 23.0. The zero-order valence-electron chi connectivity index (χ0n) is 14.6. The maximum Gasteiger partial charge on any atom is 0.263 e. The van der Waals surface area contributed by atoms with Gasteiger partial charge >= 0.3 is 0 Å². The van der Waals surface area contributed by atoms with E-state index >= 15 is 0 Å². The molecule has 136 valence electrons. The third kappa shape index (κ3) is 5.95. The Morgan fingerprint density at radius 3 is 2.48 bits per heavy atom. The average molecular weight is 381 g/mol. The van der Waals surface area contributed by atoms with E-state index in [0.717, 1.165) is 16.9 Å². The highest BCUT2D eigenvalue weighted by molar-refractivity contribution is 7.89. The van der Waals surface area contributed by atoms with Gasteiger partial charge in [0, 0.05) is 30.8 Å². The lowest BCUT2D eigenvalue weighted by Gasteiger charge is -2.21. The van der Waals surface area contributed by atoms with Crippen molar-refractivity contribution in [2.75, 3.05) is 25.9 Å².